The highest BCUT2D eigenvalue weighted by atomic mass is 127. The maximum Gasteiger partial charge on any atom is 0.434 e. The molecule has 0 radical (unpaired) electrons. The van der Waals surface area contributed by atoms with E-state index < -0.39 is 11.9 Å². The summed E-state index contributed by atoms with van der Waals surface area (Å²) in [6, 6.07) is 0. The number of aromatic nitrogens is 1. The van der Waals surface area contributed by atoms with Crippen LogP contribution in [0.3, 0.4) is 0 Å². The van der Waals surface area contributed by atoms with Gasteiger partial charge in [-0.05, 0) is 0 Å². The molecule has 1 aliphatic heterocycles. The summed E-state index contributed by atoms with van der Waals surface area (Å²) in [7, 11) is 1.62. The van der Waals surface area contributed by atoms with Crippen LogP contribution in [0.25, 0.3) is 0 Å². The van der Waals surface area contributed by atoms with Crippen LogP contribution in [0.1, 0.15) is 24.5 Å². The first-order valence-corrected chi connectivity index (χ1v) is 8.86. The largest absolute Gasteiger partial charge is 0.434 e. The van der Waals surface area contributed by atoms with Crippen LogP contribution in [0.15, 0.2) is 10.4 Å². The lowest BCUT2D eigenvalue weighted by Gasteiger charge is -2.37. The average Bonchev–Trinajstić information content (AvgIpc) is 3.04. The average molecular weight is 505 g/mol. The molecule has 1 N–H and O–H groups in total. The highest BCUT2D eigenvalue weighted by molar-refractivity contribution is 14.0. The molecule has 1 aromatic rings. The van der Waals surface area contributed by atoms with Crippen molar-refractivity contribution in [1.82, 2.24) is 20.1 Å². The van der Waals surface area contributed by atoms with Crippen LogP contribution in [0.4, 0.5) is 13.2 Å². The molecule has 1 saturated heterocycles. The second kappa shape index (κ2) is 9.72. The summed E-state index contributed by atoms with van der Waals surface area (Å²) in [5.41, 5.74) is -0.870. The van der Waals surface area contributed by atoms with E-state index in [1.807, 2.05) is 23.6 Å². The standard InChI is InChI=1S/C15H22F3N5OS.HI/c1-10(2)13(24)22-4-6-23(7-5-22)14(19-3)20-8-12-21-11(9-25-12)15(16,17)18;/h9-10H,4-8H2,1-3H3,(H,19,20);1H. The van der Waals surface area contributed by atoms with Crippen molar-refractivity contribution in [2.45, 2.75) is 26.6 Å². The SMILES string of the molecule is CN=C(NCc1nc(C(F)(F)F)cs1)N1CCN(C(=O)C(C)C)CC1.I. The number of halogens is 4. The van der Waals surface area contributed by atoms with Gasteiger partial charge in [0.25, 0.3) is 0 Å². The number of nitrogens with one attached hydrogen (secondary N) is 1. The summed E-state index contributed by atoms with van der Waals surface area (Å²) >= 11 is 0.963. The van der Waals surface area contributed by atoms with Crippen molar-refractivity contribution >= 4 is 47.2 Å². The zero-order valence-electron chi connectivity index (χ0n) is 14.8. The molecule has 1 fully saturated rings. The van der Waals surface area contributed by atoms with Crippen LogP contribution >= 0.6 is 35.3 Å². The minimum atomic E-state index is -4.42. The van der Waals surface area contributed by atoms with Gasteiger partial charge in [-0.25, -0.2) is 4.98 Å². The predicted octanol–water partition coefficient (Wildman–Crippen LogP) is 2.66. The molecule has 1 aliphatic rings. The Morgan fingerprint density at radius 3 is 2.35 bits per heavy atom. The van der Waals surface area contributed by atoms with E-state index in [0.717, 1.165) is 16.7 Å². The smallest absolute Gasteiger partial charge is 0.350 e. The van der Waals surface area contributed by atoms with Gasteiger partial charge in [-0.2, -0.15) is 13.2 Å². The van der Waals surface area contributed by atoms with Gasteiger partial charge >= 0.3 is 6.18 Å². The highest BCUT2D eigenvalue weighted by Crippen LogP contribution is 2.29. The van der Waals surface area contributed by atoms with Crippen LogP contribution in [0.5, 0.6) is 0 Å². The van der Waals surface area contributed by atoms with E-state index in [-0.39, 0.29) is 42.3 Å². The fraction of sp³-hybridized carbons (Fsp3) is 0.667. The molecule has 2 heterocycles. The number of alkyl halides is 3. The Bertz CT molecular complexity index is 627. The minimum absolute atomic E-state index is 0. The first kappa shape index (κ1) is 22.9. The van der Waals surface area contributed by atoms with Crippen LogP contribution in [0, 0.1) is 5.92 Å². The number of guanidine groups is 1. The first-order chi connectivity index (χ1) is 11.7. The van der Waals surface area contributed by atoms with Gasteiger partial charge in [0.2, 0.25) is 5.91 Å². The number of amides is 1. The molecule has 11 heteroatoms. The van der Waals surface area contributed by atoms with Gasteiger partial charge in [0.05, 0.1) is 6.54 Å². The number of thiazole rings is 1. The second-order valence-corrected chi connectivity index (χ2v) is 6.93. The van der Waals surface area contributed by atoms with Gasteiger partial charge in [-0.1, -0.05) is 13.8 Å². The monoisotopic (exact) mass is 505 g/mol. The molecule has 0 spiro atoms. The Morgan fingerprint density at radius 1 is 1.31 bits per heavy atom. The summed E-state index contributed by atoms with van der Waals surface area (Å²) in [4.78, 5) is 23.6. The second-order valence-electron chi connectivity index (χ2n) is 5.99. The van der Waals surface area contributed by atoms with E-state index in [9.17, 15) is 18.0 Å². The third-order valence-electron chi connectivity index (χ3n) is 3.84. The molecular formula is C15H23F3IN5OS. The summed E-state index contributed by atoms with van der Waals surface area (Å²) in [5, 5.41) is 4.40. The molecule has 0 saturated carbocycles. The minimum Gasteiger partial charge on any atom is -0.350 e. The summed E-state index contributed by atoms with van der Waals surface area (Å²) < 4.78 is 37.7. The Balaban J connectivity index is 0.00000338. The third-order valence-corrected chi connectivity index (χ3v) is 4.69. The number of carbonyl (C=O) groups excluding carboxylic acids is 1. The zero-order chi connectivity index (χ0) is 18.6. The lowest BCUT2D eigenvalue weighted by molar-refractivity contribution is -0.140. The first-order valence-electron chi connectivity index (χ1n) is 7.98. The van der Waals surface area contributed by atoms with Crippen molar-refractivity contribution in [3.63, 3.8) is 0 Å². The van der Waals surface area contributed by atoms with Crippen molar-refractivity contribution in [3.8, 4) is 0 Å². The molecular weight excluding hydrogens is 482 g/mol. The summed E-state index contributed by atoms with van der Waals surface area (Å²) in [5.74, 6) is 0.696. The van der Waals surface area contributed by atoms with E-state index >= 15 is 0 Å². The van der Waals surface area contributed by atoms with Gasteiger partial charge < -0.3 is 15.1 Å². The molecule has 6 nitrogen and oxygen atoms in total. The number of carbonyl (C=O) groups is 1. The molecule has 0 atom stereocenters. The van der Waals surface area contributed by atoms with E-state index in [1.165, 1.54) is 0 Å². The molecule has 0 unspecified atom stereocenters. The van der Waals surface area contributed by atoms with Gasteiger partial charge in [0.1, 0.15) is 5.01 Å². The molecule has 2 rings (SSSR count). The number of hydrogen-bond donors (Lipinski definition) is 1. The topological polar surface area (TPSA) is 60.8 Å². The molecule has 0 aromatic carbocycles. The van der Waals surface area contributed by atoms with E-state index in [4.69, 9.17) is 0 Å². The maximum absolute atomic E-state index is 12.6. The zero-order valence-corrected chi connectivity index (χ0v) is 18.0. The fourth-order valence-corrected chi connectivity index (χ4v) is 3.25. The van der Waals surface area contributed by atoms with E-state index in [0.29, 0.717) is 37.1 Å². The van der Waals surface area contributed by atoms with Crippen molar-refractivity contribution < 1.29 is 18.0 Å². The lowest BCUT2D eigenvalue weighted by Crippen LogP contribution is -2.54. The Hall–Kier alpha value is -1.11. The molecule has 1 aromatic heterocycles. The lowest BCUT2D eigenvalue weighted by atomic mass is 10.1. The van der Waals surface area contributed by atoms with Gasteiger partial charge in [-0.15, -0.1) is 35.3 Å². The maximum atomic E-state index is 12.6. The van der Waals surface area contributed by atoms with Crippen molar-refractivity contribution in [3.05, 3.63) is 16.1 Å². The third kappa shape index (κ3) is 5.96. The Morgan fingerprint density at radius 2 is 1.88 bits per heavy atom. The molecule has 1 amide bonds. The van der Waals surface area contributed by atoms with E-state index in [1.54, 1.807) is 7.05 Å². The summed E-state index contributed by atoms with van der Waals surface area (Å²) in [6.07, 6.45) is -4.42. The van der Waals surface area contributed by atoms with Crippen molar-refractivity contribution in [2.24, 2.45) is 10.9 Å². The predicted molar refractivity (Wildman–Crippen MR) is 106 cm³/mol. The van der Waals surface area contributed by atoms with Crippen molar-refractivity contribution in [1.29, 1.82) is 0 Å². The molecule has 148 valence electrons. The van der Waals surface area contributed by atoms with Crippen molar-refractivity contribution in [2.75, 3.05) is 33.2 Å². The number of aliphatic imine (C=N–C) groups is 1. The summed E-state index contributed by atoms with van der Waals surface area (Å²) in [6.45, 7) is 6.39. The molecule has 0 aliphatic carbocycles. The number of hydrogen-bond acceptors (Lipinski definition) is 4. The number of nitrogens with zero attached hydrogens (tertiary/aromatic N) is 4. The van der Waals surface area contributed by atoms with Gasteiger partial charge in [-0.3, -0.25) is 9.79 Å². The Kier molecular flexibility index (Phi) is 8.57. The Labute approximate surface area is 171 Å². The highest BCUT2D eigenvalue weighted by Gasteiger charge is 2.33. The molecule has 0 bridgehead atoms. The quantitative estimate of drug-likeness (QED) is 0.390. The van der Waals surface area contributed by atoms with Crippen LogP contribution in [-0.4, -0.2) is 59.9 Å². The molecule has 26 heavy (non-hydrogen) atoms. The normalized spacial score (nSPS) is 15.9. The van der Waals surface area contributed by atoms with Gasteiger partial charge in [0, 0.05) is 44.5 Å². The number of rotatable bonds is 3. The van der Waals surface area contributed by atoms with E-state index in [2.05, 4.69) is 15.3 Å². The number of piperazine rings is 1. The van der Waals surface area contributed by atoms with Gasteiger partial charge in [0.15, 0.2) is 11.7 Å². The van der Waals surface area contributed by atoms with Crippen LogP contribution in [-0.2, 0) is 17.5 Å². The fourth-order valence-electron chi connectivity index (χ4n) is 2.51. The van der Waals surface area contributed by atoms with Crippen LogP contribution < -0.4 is 5.32 Å². The van der Waals surface area contributed by atoms with Crippen LogP contribution in [0.2, 0.25) is 0 Å².